The summed E-state index contributed by atoms with van der Waals surface area (Å²) in [6.07, 6.45) is 2.41. The van der Waals surface area contributed by atoms with Gasteiger partial charge in [-0.25, -0.2) is 4.79 Å². The third-order valence-corrected chi connectivity index (χ3v) is 2.10. The summed E-state index contributed by atoms with van der Waals surface area (Å²) in [7, 11) is 0. The molecular formula is C9H14N4O4. The molecule has 0 N–H and O–H groups in total. The molecule has 1 aromatic heterocycles. The maximum Gasteiger partial charge on any atom is 0.490 e. The molecule has 0 aliphatic carbocycles. The predicted octanol–water partition coefficient (Wildman–Crippen LogP) is 1.09. The normalized spacial score (nSPS) is 12.1. The molecule has 0 aromatic carbocycles. The Labute approximate surface area is 97.7 Å². The molecule has 0 saturated carbocycles. The Balaban J connectivity index is 2.88. The van der Waals surface area contributed by atoms with E-state index in [2.05, 4.69) is 10.1 Å². The standard InChI is InChI=1S/C9H14N4O4/c1-3-5-7(8(14)17-4-2)12-6-10-9(11-12)13(15)16/h6-7H,3-5H2,1-2H3. The van der Waals surface area contributed by atoms with Gasteiger partial charge < -0.3 is 14.9 Å². The van der Waals surface area contributed by atoms with E-state index in [-0.39, 0.29) is 6.61 Å². The molecule has 1 unspecified atom stereocenters. The molecule has 8 heteroatoms. The van der Waals surface area contributed by atoms with E-state index in [1.807, 2.05) is 6.92 Å². The number of esters is 1. The number of rotatable bonds is 6. The van der Waals surface area contributed by atoms with Crippen LogP contribution in [0.15, 0.2) is 6.33 Å². The van der Waals surface area contributed by atoms with E-state index >= 15 is 0 Å². The molecule has 0 amide bonds. The zero-order valence-electron chi connectivity index (χ0n) is 9.70. The van der Waals surface area contributed by atoms with Crippen molar-refractivity contribution in [1.29, 1.82) is 0 Å². The molecule has 1 atom stereocenters. The van der Waals surface area contributed by atoms with Crippen LogP contribution in [0.25, 0.3) is 0 Å². The summed E-state index contributed by atoms with van der Waals surface area (Å²) >= 11 is 0. The monoisotopic (exact) mass is 242 g/mol. The lowest BCUT2D eigenvalue weighted by molar-refractivity contribution is -0.394. The van der Waals surface area contributed by atoms with E-state index in [1.54, 1.807) is 6.92 Å². The molecule has 0 aliphatic heterocycles. The van der Waals surface area contributed by atoms with Gasteiger partial charge in [0.25, 0.3) is 0 Å². The van der Waals surface area contributed by atoms with Gasteiger partial charge in [-0.3, -0.25) is 0 Å². The lowest BCUT2D eigenvalue weighted by atomic mass is 10.2. The lowest BCUT2D eigenvalue weighted by Crippen LogP contribution is -2.22. The van der Waals surface area contributed by atoms with Crippen LogP contribution in [0.4, 0.5) is 5.95 Å². The van der Waals surface area contributed by atoms with Crippen LogP contribution in [0, 0.1) is 10.1 Å². The average Bonchev–Trinajstić information content (AvgIpc) is 2.75. The number of carbonyl (C=O) groups excluding carboxylic acids is 1. The highest BCUT2D eigenvalue weighted by Gasteiger charge is 2.26. The summed E-state index contributed by atoms with van der Waals surface area (Å²) < 4.78 is 6.06. The third-order valence-electron chi connectivity index (χ3n) is 2.10. The van der Waals surface area contributed by atoms with Gasteiger partial charge in [-0.05, 0) is 18.3 Å². The minimum absolute atomic E-state index is 0.260. The van der Waals surface area contributed by atoms with Gasteiger partial charge in [0, 0.05) is 5.10 Å². The van der Waals surface area contributed by atoms with Crippen molar-refractivity contribution in [2.24, 2.45) is 0 Å². The number of ether oxygens (including phenoxy) is 1. The first kappa shape index (κ1) is 13.1. The fourth-order valence-electron chi connectivity index (χ4n) is 1.37. The van der Waals surface area contributed by atoms with Crippen LogP contribution in [-0.4, -0.2) is 32.3 Å². The summed E-state index contributed by atoms with van der Waals surface area (Å²) in [5.74, 6) is -0.968. The number of hydrogen-bond donors (Lipinski definition) is 0. The molecule has 1 rings (SSSR count). The van der Waals surface area contributed by atoms with E-state index in [0.717, 1.165) is 6.42 Å². The molecule has 0 fully saturated rings. The first-order chi connectivity index (χ1) is 8.10. The van der Waals surface area contributed by atoms with Crippen LogP contribution in [-0.2, 0) is 9.53 Å². The third kappa shape index (κ3) is 3.23. The van der Waals surface area contributed by atoms with E-state index in [9.17, 15) is 14.9 Å². The highest BCUT2D eigenvalue weighted by Crippen LogP contribution is 2.16. The zero-order valence-corrected chi connectivity index (χ0v) is 9.70. The van der Waals surface area contributed by atoms with E-state index in [0.29, 0.717) is 6.42 Å². The molecule has 1 heterocycles. The Morgan fingerprint density at radius 2 is 2.35 bits per heavy atom. The molecule has 0 radical (unpaired) electrons. The van der Waals surface area contributed by atoms with Crippen molar-refractivity contribution in [3.63, 3.8) is 0 Å². The van der Waals surface area contributed by atoms with E-state index < -0.39 is 22.9 Å². The molecule has 0 bridgehead atoms. The summed E-state index contributed by atoms with van der Waals surface area (Å²) in [6.45, 7) is 3.86. The number of aromatic nitrogens is 3. The van der Waals surface area contributed by atoms with Gasteiger partial charge in [0.2, 0.25) is 6.33 Å². The molecule has 94 valence electrons. The second-order valence-electron chi connectivity index (χ2n) is 3.34. The zero-order chi connectivity index (χ0) is 12.8. The summed E-state index contributed by atoms with van der Waals surface area (Å²) in [5, 5.41) is 14.1. The summed E-state index contributed by atoms with van der Waals surface area (Å²) in [4.78, 5) is 24.9. The molecule has 17 heavy (non-hydrogen) atoms. The van der Waals surface area contributed by atoms with Gasteiger partial charge in [0.05, 0.1) is 6.61 Å². The van der Waals surface area contributed by atoms with Gasteiger partial charge in [-0.1, -0.05) is 18.3 Å². The van der Waals surface area contributed by atoms with Crippen molar-refractivity contribution in [1.82, 2.24) is 14.8 Å². The van der Waals surface area contributed by atoms with Gasteiger partial charge in [-0.2, -0.15) is 4.68 Å². The van der Waals surface area contributed by atoms with Gasteiger partial charge >= 0.3 is 11.9 Å². The largest absolute Gasteiger partial charge is 0.490 e. The Bertz CT molecular complexity index is 403. The summed E-state index contributed by atoms with van der Waals surface area (Å²) in [6, 6.07) is -0.652. The van der Waals surface area contributed by atoms with Crippen molar-refractivity contribution in [2.45, 2.75) is 32.7 Å². The number of nitrogens with zero attached hydrogens (tertiary/aromatic N) is 4. The molecular weight excluding hydrogens is 228 g/mol. The van der Waals surface area contributed by atoms with Gasteiger partial charge in [-0.15, -0.1) is 0 Å². The first-order valence-corrected chi connectivity index (χ1v) is 5.32. The van der Waals surface area contributed by atoms with Crippen LogP contribution >= 0.6 is 0 Å². The highest BCUT2D eigenvalue weighted by atomic mass is 16.6. The lowest BCUT2D eigenvalue weighted by Gasteiger charge is -2.11. The number of carbonyl (C=O) groups is 1. The van der Waals surface area contributed by atoms with Crippen LogP contribution in [0.3, 0.4) is 0 Å². The maximum absolute atomic E-state index is 11.6. The molecule has 8 nitrogen and oxygen atoms in total. The second kappa shape index (κ2) is 5.92. The smallest absolute Gasteiger partial charge is 0.464 e. The highest BCUT2D eigenvalue weighted by molar-refractivity contribution is 5.74. The number of hydrogen-bond acceptors (Lipinski definition) is 6. The molecule has 1 aromatic rings. The Kier molecular flexibility index (Phi) is 4.56. The fourth-order valence-corrected chi connectivity index (χ4v) is 1.37. The van der Waals surface area contributed by atoms with E-state index in [4.69, 9.17) is 4.74 Å². The average molecular weight is 242 g/mol. The predicted molar refractivity (Wildman–Crippen MR) is 57.3 cm³/mol. The SMILES string of the molecule is CCCC(C(=O)OCC)n1cnc([N+](=O)[O-])n1. The van der Waals surface area contributed by atoms with Crippen molar-refractivity contribution < 1.29 is 14.5 Å². The Morgan fingerprint density at radius 3 is 2.82 bits per heavy atom. The van der Waals surface area contributed by atoms with Gasteiger partial charge in [0.15, 0.2) is 6.04 Å². The van der Waals surface area contributed by atoms with Crippen molar-refractivity contribution in [2.75, 3.05) is 6.61 Å². The van der Waals surface area contributed by atoms with Crippen LogP contribution in [0.2, 0.25) is 0 Å². The first-order valence-electron chi connectivity index (χ1n) is 5.32. The Morgan fingerprint density at radius 1 is 1.65 bits per heavy atom. The molecule has 0 saturated heterocycles. The van der Waals surface area contributed by atoms with Gasteiger partial charge in [0.1, 0.15) is 0 Å². The van der Waals surface area contributed by atoms with Crippen molar-refractivity contribution in [3.8, 4) is 0 Å². The number of nitro groups is 1. The van der Waals surface area contributed by atoms with Crippen molar-refractivity contribution >= 4 is 11.9 Å². The maximum atomic E-state index is 11.6. The molecule has 0 aliphatic rings. The Hall–Kier alpha value is -1.99. The minimum atomic E-state index is -0.704. The van der Waals surface area contributed by atoms with Crippen LogP contribution < -0.4 is 0 Å². The second-order valence-corrected chi connectivity index (χ2v) is 3.34. The van der Waals surface area contributed by atoms with Crippen molar-refractivity contribution in [3.05, 3.63) is 16.4 Å². The minimum Gasteiger partial charge on any atom is -0.464 e. The fraction of sp³-hybridized carbons (Fsp3) is 0.667. The summed E-state index contributed by atoms with van der Waals surface area (Å²) in [5.41, 5.74) is 0. The van der Waals surface area contributed by atoms with E-state index in [1.165, 1.54) is 11.0 Å². The van der Waals surface area contributed by atoms with Crippen LogP contribution in [0.1, 0.15) is 32.7 Å². The topological polar surface area (TPSA) is 100 Å². The quantitative estimate of drug-likeness (QED) is 0.420. The molecule has 0 spiro atoms. The van der Waals surface area contributed by atoms with Crippen LogP contribution in [0.5, 0.6) is 0 Å².